The number of hydrogen-bond acceptors (Lipinski definition) is 13. The van der Waals surface area contributed by atoms with Crippen LogP contribution in [-0.4, -0.2) is 92.5 Å². The van der Waals surface area contributed by atoms with Gasteiger partial charge in [0.2, 0.25) is 0 Å². The molecule has 0 saturated carbocycles. The molecule has 9 rings (SSSR count). The van der Waals surface area contributed by atoms with Crippen molar-refractivity contribution in [1.82, 2.24) is 0 Å². The molecule has 13 heteroatoms. The Morgan fingerprint density at radius 2 is 0.238 bits per heavy atom. The molecular weight excluding hydrogens is 1770 g/mol. The van der Waals surface area contributed by atoms with Gasteiger partial charge in [0.1, 0.15) is 26.4 Å². The number of rotatable bonds is 88. The molecule has 1 aliphatic rings. The van der Waals surface area contributed by atoms with Crippen LogP contribution in [0.2, 0.25) is 0 Å². The molecule has 143 heavy (non-hydrogen) atoms. The molecule has 13 nitrogen and oxygen atoms in total. The van der Waals surface area contributed by atoms with E-state index in [-0.39, 0.29) is 26.4 Å². The summed E-state index contributed by atoms with van der Waals surface area (Å²) in [6.07, 6.45) is 89.6. The van der Waals surface area contributed by atoms with Gasteiger partial charge in [0, 0.05) is 0 Å². The minimum Gasteiger partial charge on any atom is -0.490 e. The molecule has 0 aliphatic carbocycles. The molecule has 0 N–H and O–H groups in total. The molecule has 0 atom stereocenters. The number of unbranched alkanes of at least 4 members (excludes halogenated alkanes) is 64. The van der Waals surface area contributed by atoms with Gasteiger partial charge in [-0.05, 0) is 189 Å². The predicted molar refractivity (Wildman–Crippen MR) is 612 cm³/mol. The standard InChI is InChI=1S/C130H208O13/c1-9-17-25-33-41-49-57-65-73-81-132-119-95-107-109-97-121(134-83-75-67-59-51-43-35-27-19-11-3)125(138-87-79-71-63-55-47-39-31-23-15-7)101-113(109)117-105-129-127(103-115(117)111(107)99-123(119)136-85-77-69-61-53-45-37-29-21-13-5)140-91-89-131-90-92-141-128-104-116-112-100-124(137-86-78-70-62-54-46-38-30-22-14-6)120(133-82-74-66-58-50-42-34-26-18-10-2)96-108(112)110-98-122(135-84-76-68-60-52-44-36-28-20-12-4)126(139-88-80-72-64-56-48-40-32-24-16-8)102-114(110)118(116)106-130(128)143-94-93-142-129/h95-106H,9-94H2,1-8H3. The van der Waals surface area contributed by atoms with Gasteiger partial charge in [-0.2, -0.15) is 0 Å². The summed E-state index contributed by atoms with van der Waals surface area (Å²) in [5.74, 6) is 8.75. The summed E-state index contributed by atoms with van der Waals surface area (Å²) in [7, 11) is 0. The van der Waals surface area contributed by atoms with E-state index < -0.39 is 0 Å². The number of ether oxygens (including phenoxy) is 13. The van der Waals surface area contributed by atoms with E-state index in [9.17, 15) is 0 Å². The van der Waals surface area contributed by atoms with Gasteiger partial charge < -0.3 is 61.6 Å². The predicted octanol–water partition coefficient (Wildman–Crippen LogP) is 41.1. The zero-order valence-electron chi connectivity index (χ0n) is 93.0. The summed E-state index contributed by atoms with van der Waals surface area (Å²) in [6, 6.07) is 27.1. The van der Waals surface area contributed by atoms with Crippen LogP contribution in [0.4, 0.5) is 0 Å². The largest absolute Gasteiger partial charge is 0.490 e. The summed E-state index contributed by atoms with van der Waals surface area (Å²) in [5.41, 5.74) is 0. The molecular formula is C130H208O13. The first-order chi connectivity index (χ1) is 70.9. The van der Waals surface area contributed by atoms with E-state index in [4.69, 9.17) is 61.6 Å². The second-order valence-electron chi connectivity index (χ2n) is 42.5. The highest BCUT2D eigenvalue weighted by atomic mass is 16.6. The van der Waals surface area contributed by atoms with Crippen LogP contribution >= 0.6 is 0 Å². The zero-order valence-corrected chi connectivity index (χ0v) is 93.0. The lowest BCUT2D eigenvalue weighted by atomic mass is 9.93. The van der Waals surface area contributed by atoms with Crippen LogP contribution in [0.3, 0.4) is 0 Å². The van der Waals surface area contributed by atoms with E-state index in [1.54, 1.807) is 0 Å². The monoisotopic (exact) mass is 1980 g/mol. The van der Waals surface area contributed by atoms with Crippen LogP contribution in [0.5, 0.6) is 69.0 Å². The van der Waals surface area contributed by atoms with E-state index in [1.807, 2.05) is 0 Å². The Bertz CT molecular complexity index is 4280. The molecule has 806 valence electrons. The fourth-order valence-electron chi connectivity index (χ4n) is 21.0. The maximum absolute atomic E-state index is 7.21. The Kier molecular flexibility index (Phi) is 65.3. The number of benzene rings is 8. The Balaban J connectivity index is 1.14. The minimum atomic E-state index is 0.207. The minimum absolute atomic E-state index is 0.207. The Labute approximate surface area is 872 Å². The lowest BCUT2D eigenvalue weighted by Crippen LogP contribution is -2.12. The van der Waals surface area contributed by atoms with Crippen molar-refractivity contribution >= 4 is 64.6 Å². The Hall–Kier alpha value is -7.12. The van der Waals surface area contributed by atoms with Crippen LogP contribution in [0.15, 0.2) is 72.8 Å². The van der Waals surface area contributed by atoms with Crippen LogP contribution in [0.25, 0.3) is 64.6 Å². The topological polar surface area (TPSA) is 120 Å². The summed E-state index contributed by atoms with van der Waals surface area (Å²) in [5, 5.41) is 12.5. The second kappa shape index (κ2) is 78.2. The van der Waals surface area contributed by atoms with Crippen molar-refractivity contribution < 1.29 is 61.6 Å². The molecule has 0 bridgehead atoms. The van der Waals surface area contributed by atoms with Gasteiger partial charge in [-0.25, -0.2) is 0 Å². The van der Waals surface area contributed by atoms with Crippen molar-refractivity contribution in [3.8, 4) is 69.0 Å². The van der Waals surface area contributed by atoms with Crippen molar-refractivity contribution in [3.05, 3.63) is 72.8 Å². The van der Waals surface area contributed by atoms with E-state index in [0.29, 0.717) is 89.1 Å². The van der Waals surface area contributed by atoms with Gasteiger partial charge in [0.25, 0.3) is 0 Å². The highest BCUT2D eigenvalue weighted by Crippen LogP contribution is 2.51. The molecule has 0 saturated heterocycles. The maximum Gasteiger partial charge on any atom is 0.162 e. The first-order valence-electron chi connectivity index (χ1n) is 61.1. The molecule has 8 aromatic rings. The van der Waals surface area contributed by atoms with Gasteiger partial charge in [-0.1, -0.05) is 466 Å². The highest BCUT2D eigenvalue weighted by Gasteiger charge is 2.26. The van der Waals surface area contributed by atoms with Gasteiger partial charge in [-0.3, -0.25) is 0 Å². The maximum atomic E-state index is 7.21. The van der Waals surface area contributed by atoms with E-state index in [1.165, 1.54) is 360 Å². The molecule has 0 amide bonds. The van der Waals surface area contributed by atoms with Crippen molar-refractivity contribution in [3.63, 3.8) is 0 Å². The molecule has 8 aromatic carbocycles. The summed E-state index contributed by atoms with van der Waals surface area (Å²) < 4.78 is 91.6. The van der Waals surface area contributed by atoms with Crippen LogP contribution in [0.1, 0.15) is 518 Å². The third kappa shape index (κ3) is 46.7. The summed E-state index contributed by atoms with van der Waals surface area (Å²) >= 11 is 0. The highest BCUT2D eigenvalue weighted by molar-refractivity contribution is 6.28. The van der Waals surface area contributed by atoms with Crippen LogP contribution in [-0.2, 0) is 4.74 Å². The van der Waals surface area contributed by atoms with Gasteiger partial charge in [-0.15, -0.1) is 0 Å². The molecule has 1 aliphatic heterocycles. The van der Waals surface area contributed by atoms with Crippen molar-refractivity contribution in [2.45, 2.75) is 518 Å². The Morgan fingerprint density at radius 1 is 0.133 bits per heavy atom. The van der Waals surface area contributed by atoms with Gasteiger partial charge >= 0.3 is 0 Å². The number of hydrogen-bond donors (Lipinski definition) is 0. The van der Waals surface area contributed by atoms with Crippen molar-refractivity contribution in [2.75, 3.05) is 92.5 Å². The smallest absolute Gasteiger partial charge is 0.162 e. The van der Waals surface area contributed by atoms with E-state index in [2.05, 4.69) is 128 Å². The van der Waals surface area contributed by atoms with Gasteiger partial charge in [0.05, 0.1) is 66.1 Å². The van der Waals surface area contributed by atoms with Crippen LogP contribution in [0, 0.1) is 0 Å². The van der Waals surface area contributed by atoms with Crippen molar-refractivity contribution in [2.24, 2.45) is 0 Å². The zero-order chi connectivity index (χ0) is 100. The fourth-order valence-corrected chi connectivity index (χ4v) is 21.0. The lowest BCUT2D eigenvalue weighted by Gasteiger charge is -2.21. The molecule has 0 spiro atoms. The molecule has 0 unspecified atom stereocenters. The Morgan fingerprint density at radius 3 is 0.364 bits per heavy atom. The fraction of sp³-hybridized carbons (Fsp3) is 0.723. The summed E-state index contributed by atoms with van der Waals surface area (Å²) in [6.45, 7) is 25.0. The molecule has 0 radical (unpaired) electrons. The van der Waals surface area contributed by atoms with E-state index in [0.717, 1.165) is 213 Å². The molecule has 0 aromatic heterocycles. The van der Waals surface area contributed by atoms with Crippen molar-refractivity contribution in [1.29, 1.82) is 0 Å². The first kappa shape index (κ1) is 119. The summed E-state index contributed by atoms with van der Waals surface area (Å²) in [4.78, 5) is 0. The lowest BCUT2D eigenvalue weighted by molar-refractivity contribution is 0.0755. The first-order valence-corrected chi connectivity index (χ1v) is 61.1. The quantitative estimate of drug-likeness (QED) is 0.0266. The SMILES string of the molecule is CCCCCCCCCCCOc1cc2c3cc(OCCCCCCCCCCC)c(OCCCCCCCCCCC)cc3c3cc4c(cc3c2cc1OCCCCCCCCCCC)OCCOCCOc1cc2c3cc(OCCCCCCCCCCC)c(OCCCCCCCCCCC)cc3c3cc(OCCCCCCCCCCC)c(OCCCCCCCCCCC)cc3c2cc1OCCO4. The van der Waals surface area contributed by atoms with Crippen LogP contribution < -0.4 is 56.8 Å². The molecule has 1 heterocycles. The molecule has 0 fully saturated rings. The number of fused-ring (bicyclic) bond motifs is 14. The normalized spacial score (nSPS) is 12.6. The average Bonchev–Trinajstić information content (AvgIpc) is 0.742. The van der Waals surface area contributed by atoms with E-state index >= 15 is 0 Å². The second-order valence-corrected chi connectivity index (χ2v) is 42.5. The average molecular weight is 1980 g/mol. The third-order valence-corrected chi connectivity index (χ3v) is 29.9. The van der Waals surface area contributed by atoms with Gasteiger partial charge in [0.15, 0.2) is 69.0 Å². The third-order valence-electron chi connectivity index (χ3n) is 29.9.